The molecule has 0 aromatic heterocycles. The molecule has 70 valence electrons. The molecule has 2 heterocycles. The largest absolute Gasteiger partial charge is 0.381 e. The Labute approximate surface area is 74.1 Å². The average molecular weight is 170 g/mol. The third-order valence-electron chi connectivity index (χ3n) is 3.02. The van der Waals surface area contributed by atoms with Crippen molar-refractivity contribution in [2.75, 3.05) is 39.9 Å². The first-order valence-electron chi connectivity index (χ1n) is 4.82. The molecule has 2 fully saturated rings. The first kappa shape index (κ1) is 8.48. The van der Waals surface area contributed by atoms with Crippen molar-refractivity contribution in [2.24, 2.45) is 0 Å². The molecule has 2 aliphatic heterocycles. The lowest BCUT2D eigenvalue weighted by molar-refractivity contribution is 0.0118. The minimum atomic E-state index is 0.380. The van der Waals surface area contributed by atoms with Crippen molar-refractivity contribution >= 4 is 0 Å². The molecule has 0 unspecified atom stereocenters. The van der Waals surface area contributed by atoms with Crippen LogP contribution in [0, 0.1) is 0 Å². The molecule has 12 heavy (non-hydrogen) atoms. The van der Waals surface area contributed by atoms with Gasteiger partial charge in [0.05, 0.1) is 0 Å². The SMILES string of the molecule is CN1CCNC2(CCOCC2)C1. The van der Waals surface area contributed by atoms with Gasteiger partial charge in [-0.05, 0) is 19.9 Å². The van der Waals surface area contributed by atoms with Crippen molar-refractivity contribution in [1.29, 1.82) is 0 Å². The maximum Gasteiger partial charge on any atom is 0.0484 e. The van der Waals surface area contributed by atoms with Crippen LogP contribution in [0.25, 0.3) is 0 Å². The Bertz CT molecular complexity index is 149. The summed E-state index contributed by atoms with van der Waals surface area (Å²) in [4.78, 5) is 2.42. The van der Waals surface area contributed by atoms with E-state index in [1.807, 2.05) is 0 Å². The lowest BCUT2D eigenvalue weighted by atomic mass is 9.88. The van der Waals surface area contributed by atoms with Gasteiger partial charge in [0, 0.05) is 38.4 Å². The van der Waals surface area contributed by atoms with Crippen molar-refractivity contribution in [3.05, 3.63) is 0 Å². The molecule has 0 aliphatic carbocycles. The van der Waals surface area contributed by atoms with Gasteiger partial charge in [-0.3, -0.25) is 0 Å². The van der Waals surface area contributed by atoms with Crippen LogP contribution in [0.3, 0.4) is 0 Å². The van der Waals surface area contributed by atoms with Crippen LogP contribution in [-0.2, 0) is 4.74 Å². The van der Waals surface area contributed by atoms with Gasteiger partial charge in [0.1, 0.15) is 0 Å². The van der Waals surface area contributed by atoms with E-state index >= 15 is 0 Å². The second kappa shape index (κ2) is 3.32. The van der Waals surface area contributed by atoms with E-state index in [0.717, 1.165) is 19.8 Å². The molecule has 3 nitrogen and oxygen atoms in total. The summed E-state index contributed by atoms with van der Waals surface area (Å²) in [5.74, 6) is 0. The average Bonchev–Trinajstić information content (AvgIpc) is 2.05. The molecule has 0 radical (unpaired) electrons. The summed E-state index contributed by atoms with van der Waals surface area (Å²) in [5.41, 5.74) is 0.380. The zero-order chi connectivity index (χ0) is 8.44. The third-order valence-corrected chi connectivity index (χ3v) is 3.02. The summed E-state index contributed by atoms with van der Waals surface area (Å²) in [5, 5.41) is 3.64. The van der Waals surface area contributed by atoms with Crippen LogP contribution >= 0.6 is 0 Å². The Hall–Kier alpha value is -0.120. The Morgan fingerprint density at radius 3 is 2.75 bits per heavy atom. The summed E-state index contributed by atoms with van der Waals surface area (Å²) in [6.07, 6.45) is 2.36. The molecule has 0 bridgehead atoms. The second-order valence-corrected chi connectivity index (χ2v) is 4.06. The monoisotopic (exact) mass is 170 g/mol. The molecule has 3 heteroatoms. The van der Waals surface area contributed by atoms with E-state index in [2.05, 4.69) is 17.3 Å². The predicted molar refractivity (Wildman–Crippen MR) is 48.3 cm³/mol. The number of nitrogens with one attached hydrogen (secondary N) is 1. The molecule has 1 spiro atoms. The van der Waals surface area contributed by atoms with Gasteiger partial charge in [-0.1, -0.05) is 0 Å². The van der Waals surface area contributed by atoms with Gasteiger partial charge in [-0.2, -0.15) is 0 Å². The molecular weight excluding hydrogens is 152 g/mol. The highest BCUT2D eigenvalue weighted by molar-refractivity contribution is 4.95. The van der Waals surface area contributed by atoms with Crippen molar-refractivity contribution < 1.29 is 4.74 Å². The third kappa shape index (κ3) is 1.63. The van der Waals surface area contributed by atoms with Crippen LogP contribution < -0.4 is 5.32 Å². The number of likely N-dealkylation sites (N-methyl/N-ethyl adjacent to an activating group) is 1. The zero-order valence-corrected chi connectivity index (χ0v) is 7.81. The van der Waals surface area contributed by atoms with Crippen molar-refractivity contribution in [2.45, 2.75) is 18.4 Å². The highest BCUT2D eigenvalue weighted by atomic mass is 16.5. The summed E-state index contributed by atoms with van der Waals surface area (Å²) < 4.78 is 5.37. The number of nitrogens with zero attached hydrogens (tertiary/aromatic N) is 1. The fraction of sp³-hybridized carbons (Fsp3) is 1.00. The Balaban J connectivity index is 1.97. The first-order chi connectivity index (χ1) is 5.81. The van der Waals surface area contributed by atoms with Gasteiger partial charge < -0.3 is 15.0 Å². The first-order valence-corrected chi connectivity index (χ1v) is 4.82. The molecule has 0 aromatic rings. The van der Waals surface area contributed by atoms with Gasteiger partial charge in [0.2, 0.25) is 0 Å². The summed E-state index contributed by atoms with van der Waals surface area (Å²) >= 11 is 0. The van der Waals surface area contributed by atoms with Gasteiger partial charge >= 0.3 is 0 Å². The van der Waals surface area contributed by atoms with Crippen LogP contribution in [0.15, 0.2) is 0 Å². The summed E-state index contributed by atoms with van der Waals surface area (Å²) in [6.45, 7) is 5.37. The summed E-state index contributed by atoms with van der Waals surface area (Å²) in [6, 6.07) is 0. The number of hydrogen-bond acceptors (Lipinski definition) is 3. The van der Waals surface area contributed by atoms with E-state index in [9.17, 15) is 0 Å². The van der Waals surface area contributed by atoms with Crippen molar-refractivity contribution in [3.63, 3.8) is 0 Å². The van der Waals surface area contributed by atoms with Gasteiger partial charge in [0.25, 0.3) is 0 Å². The van der Waals surface area contributed by atoms with Gasteiger partial charge in [0.15, 0.2) is 0 Å². The molecule has 0 amide bonds. The minimum absolute atomic E-state index is 0.380. The molecule has 2 saturated heterocycles. The Morgan fingerprint density at radius 1 is 1.33 bits per heavy atom. The van der Waals surface area contributed by atoms with Crippen LogP contribution in [0.1, 0.15) is 12.8 Å². The van der Waals surface area contributed by atoms with Crippen LogP contribution in [-0.4, -0.2) is 50.3 Å². The van der Waals surface area contributed by atoms with E-state index in [1.165, 1.54) is 25.9 Å². The predicted octanol–water partition coefficient (Wildman–Crippen LogP) is 0.0706. The Morgan fingerprint density at radius 2 is 2.08 bits per heavy atom. The summed E-state index contributed by atoms with van der Waals surface area (Å²) in [7, 11) is 2.21. The number of rotatable bonds is 0. The topological polar surface area (TPSA) is 24.5 Å². The Kier molecular flexibility index (Phi) is 2.35. The van der Waals surface area contributed by atoms with Crippen LogP contribution in [0.5, 0.6) is 0 Å². The molecule has 0 aromatic carbocycles. The standard InChI is InChI=1S/C9H18N2O/c1-11-5-4-10-9(8-11)2-6-12-7-3-9/h10H,2-8H2,1H3. The fourth-order valence-electron chi connectivity index (χ4n) is 2.26. The molecule has 0 saturated carbocycles. The van der Waals surface area contributed by atoms with Crippen molar-refractivity contribution in [3.8, 4) is 0 Å². The zero-order valence-electron chi connectivity index (χ0n) is 7.81. The van der Waals surface area contributed by atoms with E-state index in [1.54, 1.807) is 0 Å². The quantitative estimate of drug-likeness (QED) is 0.557. The number of piperazine rings is 1. The van der Waals surface area contributed by atoms with E-state index < -0.39 is 0 Å². The second-order valence-electron chi connectivity index (χ2n) is 4.06. The highest BCUT2D eigenvalue weighted by Gasteiger charge is 2.35. The van der Waals surface area contributed by atoms with Crippen molar-refractivity contribution in [1.82, 2.24) is 10.2 Å². The fourth-order valence-corrected chi connectivity index (χ4v) is 2.26. The number of hydrogen-bond donors (Lipinski definition) is 1. The number of ether oxygens (including phenoxy) is 1. The molecule has 1 N–H and O–H groups in total. The molecule has 0 atom stereocenters. The molecule has 2 rings (SSSR count). The van der Waals surface area contributed by atoms with Gasteiger partial charge in [-0.15, -0.1) is 0 Å². The lowest BCUT2D eigenvalue weighted by Crippen LogP contribution is -2.61. The van der Waals surface area contributed by atoms with E-state index in [4.69, 9.17) is 4.74 Å². The van der Waals surface area contributed by atoms with E-state index in [-0.39, 0.29) is 0 Å². The maximum atomic E-state index is 5.37. The highest BCUT2D eigenvalue weighted by Crippen LogP contribution is 2.23. The molecule has 2 aliphatic rings. The minimum Gasteiger partial charge on any atom is -0.381 e. The molecular formula is C9H18N2O. The lowest BCUT2D eigenvalue weighted by Gasteiger charge is -2.44. The normalized spacial score (nSPS) is 30.8. The smallest absolute Gasteiger partial charge is 0.0484 e. The van der Waals surface area contributed by atoms with Crippen LogP contribution in [0.4, 0.5) is 0 Å². The van der Waals surface area contributed by atoms with Gasteiger partial charge in [-0.25, -0.2) is 0 Å². The maximum absolute atomic E-state index is 5.37. The van der Waals surface area contributed by atoms with E-state index in [0.29, 0.717) is 5.54 Å². The van der Waals surface area contributed by atoms with Crippen LogP contribution in [0.2, 0.25) is 0 Å².